The van der Waals surface area contributed by atoms with Crippen molar-refractivity contribution in [1.82, 2.24) is 9.88 Å². The fourth-order valence-electron chi connectivity index (χ4n) is 4.02. The van der Waals surface area contributed by atoms with Crippen LogP contribution in [0.4, 0.5) is 5.69 Å². The number of amides is 2. The van der Waals surface area contributed by atoms with Gasteiger partial charge >= 0.3 is 0 Å². The Morgan fingerprint density at radius 1 is 1.19 bits per heavy atom. The second-order valence-corrected chi connectivity index (χ2v) is 8.88. The van der Waals surface area contributed by atoms with Crippen LogP contribution in [0.2, 0.25) is 0 Å². The van der Waals surface area contributed by atoms with Gasteiger partial charge in [-0.3, -0.25) is 14.6 Å². The first-order chi connectivity index (χ1) is 15.0. The number of benzene rings is 1. The van der Waals surface area contributed by atoms with Gasteiger partial charge in [-0.05, 0) is 66.1 Å². The molecule has 2 atom stereocenters. The van der Waals surface area contributed by atoms with Gasteiger partial charge in [0, 0.05) is 48.2 Å². The number of thiophene rings is 1. The quantitative estimate of drug-likeness (QED) is 0.614. The summed E-state index contributed by atoms with van der Waals surface area (Å²) in [6.45, 7) is 0.428. The van der Waals surface area contributed by atoms with Crippen LogP contribution in [0.5, 0.6) is 0 Å². The summed E-state index contributed by atoms with van der Waals surface area (Å²) in [5, 5.41) is 4.91. The van der Waals surface area contributed by atoms with Crippen LogP contribution in [-0.4, -0.2) is 35.3 Å². The Balaban J connectivity index is 1.37. The number of aromatic nitrogens is 1. The summed E-state index contributed by atoms with van der Waals surface area (Å²) in [4.78, 5) is 32.5. The molecule has 1 aromatic carbocycles. The zero-order valence-corrected chi connectivity index (χ0v) is 18.3. The molecule has 2 heterocycles. The first kappa shape index (κ1) is 21.2. The predicted octanol–water partition coefficient (Wildman–Crippen LogP) is 3.97. The number of nitrogens with one attached hydrogen (secondary N) is 1. The van der Waals surface area contributed by atoms with Gasteiger partial charge in [-0.25, -0.2) is 0 Å². The van der Waals surface area contributed by atoms with Crippen molar-refractivity contribution in [3.05, 3.63) is 81.8 Å². The lowest BCUT2D eigenvalue weighted by Crippen LogP contribution is -2.37. The smallest absolute Gasteiger partial charge is 0.255 e. The number of carbonyl (C=O) groups excluding carboxylic acids is 2. The fraction of sp³-hybridized carbons (Fsp3) is 0.292. The van der Waals surface area contributed by atoms with Crippen molar-refractivity contribution < 1.29 is 9.59 Å². The van der Waals surface area contributed by atoms with E-state index < -0.39 is 0 Å². The molecule has 31 heavy (non-hydrogen) atoms. The van der Waals surface area contributed by atoms with E-state index in [-0.39, 0.29) is 23.8 Å². The van der Waals surface area contributed by atoms with E-state index in [2.05, 4.69) is 21.7 Å². The highest BCUT2D eigenvalue weighted by molar-refractivity contribution is 7.10. The van der Waals surface area contributed by atoms with Gasteiger partial charge in [0.25, 0.3) is 5.91 Å². The monoisotopic (exact) mass is 434 g/mol. The molecule has 0 spiro atoms. The summed E-state index contributed by atoms with van der Waals surface area (Å²) < 4.78 is 0. The van der Waals surface area contributed by atoms with Gasteiger partial charge in [0.1, 0.15) is 0 Å². The number of carbonyl (C=O) groups is 2. The Morgan fingerprint density at radius 3 is 2.68 bits per heavy atom. The van der Waals surface area contributed by atoms with Crippen LogP contribution in [0.1, 0.15) is 51.2 Å². The summed E-state index contributed by atoms with van der Waals surface area (Å²) in [6, 6.07) is 12.5. The van der Waals surface area contributed by atoms with E-state index in [4.69, 9.17) is 5.73 Å². The molecule has 6 nitrogen and oxygen atoms in total. The van der Waals surface area contributed by atoms with Crippen LogP contribution in [0.3, 0.4) is 0 Å². The summed E-state index contributed by atoms with van der Waals surface area (Å²) in [5.74, 6) is -0.128. The van der Waals surface area contributed by atoms with Gasteiger partial charge < -0.3 is 16.0 Å². The van der Waals surface area contributed by atoms with Crippen LogP contribution in [0, 0.1) is 0 Å². The molecular weight excluding hydrogens is 408 g/mol. The Labute approximate surface area is 186 Å². The molecule has 0 fully saturated rings. The highest BCUT2D eigenvalue weighted by Gasteiger charge is 2.30. The number of rotatable bonds is 6. The second-order valence-electron chi connectivity index (χ2n) is 7.88. The van der Waals surface area contributed by atoms with Crippen molar-refractivity contribution in [2.45, 2.75) is 31.2 Å². The molecule has 0 saturated heterocycles. The van der Waals surface area contributed by atoms with Gasteiger partial charge in [-0.15, -0.1) is 11.3 Å². The zero-order chi connectivity index (χ0) is 21.8. The minimum Gasteiger partial charge on any atom is -0.343 e. The van der Waals surface area contributed by atoms with Crippen molar-refractivity contribution in [1.29, 1.82) is 0 Å². The molecule has 0 radical (unpaired) electrons. The highest BCUT2D eigenvalue weighted by atomic mass is 32.1. The van der Waals surface area contributed by atoms with Crippen LogP contribution >= 0.6 is 11.3 Å². The molecular formula is C24H26N4O2S. The third-order valence-electron chi connectivity index (χ3n) is 5.74. The van der Waals surface area contributed by atoms with Crippen molar-refractivity contribution in [3.63, 3.8) is 0 Å². The molecule has 1 aliphatic carbocycles. The number of hydrogen-bond donors (Lipinski definition) is 2. The van der Waals surface area contributed by atoms with Crippen molar-refractivity contribution >= 4 is 28.8 Å². The summed E-state index contributed by atoms with van der Waals surface area (Å²) in [5.41, 5.74) is 9.70. The maximum absolute atomic E-state index is 13.1. The molecule has 4 rings (SSSR count). The normalized spacial score (nSPS) is 16.3. The van der Waals surface area contributed by atoms with E-state index in [9.17, 15) is 9.59 Å². The maximum Gasteiger partial charge on any atom is 0.255 e. The molecule has 7 heteroatoms. The third-order valence-corrected chi connectivity index (χ3v) is 6.73. The Kier molecular flexibility index (Phi) is 6.44. The van der Waals surface area contributed by atoms with Crippen LogP contribution < -0.4 is 11.1 Å². The van der Waals surface area contributed by atoms with Gasteiger partial charge in [0.15, 0.2) is 0 Å². The lowest BCUT2D eigenvalue weighted by atomic mass is 9.86. The number of fused-ring (bicyclic) bond motifs is 1. The summed E-state index contributed by atoms with van der Waals surface area (Å²) in [7, 11) is 1.82. The molecule has 3 aromatic rings. The van der Waals surface area contributed by atoms with Gasteiger partial charge in [0.05, 0.1) is 5.92 Å². The minimum atomic E-state index is -0.322. The van der Waals surface area contributed by atoms with Crippen molar-refractivity contribution in [2.24, 2.45) is 5.73 Å². The standard InChI is InChI=1S/C24H26N4O2S/c1-28(24(30)20-3-2-4-22-19(20)11-14-31-22)15-21(25)16-5-7-17(8-6-16)23(29)27-18-9-12-26-13-10-18/h5-14,20-21H,2-4,15,25H2,1H3,(H,26,27,29). The van der Waals surface area contributed by atoms with E-state index in [0.717, 1.165) is 24.8 Å². The van der Waals surface area contributed by atoms with E-state index in [1.807, 2.05) is 19.2 Å². The molecule has 1 aliphatic rings. The van der Waals surface area contributed by atoms with Crippen LogP contribution in [0.15, 0.2) is 60.2 Å². The summed E-state index contributed by atoms with van der Waals surface area (Å²) >= 11 is 1.74. The third kappa shape index (κ3) is 4.84. The number of hydrogen-bond acceptors (Lipinski definition) is 5. The molecule has 0 aliphatic heterocycles. The molecule has 0 bridgehead atoms. The largest absolute Gasteiger partial charge is 0.343 e. The first-order valence-corrected chi connectivity index (χ1v) is 11.3. The highest BCUT2D eigenvalue weighted by Crippen LogP contribution is 2.36. The topological polar surface area (TPSA) is 88.3 Å². The number of nitrogens with zero attached hydrogens (tertiary/aromatic N) is 2. The molecule has 2 aromatic heterocycles. The number of likely N-dealkylation sites (N-methyl/N-ethyl adjacent to an activating group) is 1. The molecule has 160 valence electrons. The predicted molar refractivity (Wildman–Crippen MR) is 123 cm³/mol. The van der Waals surface area contributed by atoms with Crippen LogP contribution in [0.25, 0.3) is 0 Å². The van der Waals surface area contributed by atoms with Gasteiger partial charge in [-0.2, -0.15) is 0 Å². The van der Waals surface area contributed by atoms with Gasteiger partial charge in [0.2, 0.25) is 5.91 Å². The van der Waals surface area contributed by atoms with E-state index in [1.54, 1.807) is 52.9 Å². The first-order valence-electron chi connectivity index (χ1n) is 10.4. The minimum absolute atomic E-state index is 0.0635. The van der Waals surface area contributed by atoms with E-state index in [0.29, 0.717) is 17.8 Å². The van der Waals surface area contributed by atoms with Crippen LogP contribution in [-0.2, 0) is 11.2 Å². The number of pyridine rings is 1. The number of aryl methyl sites for hydroxylation is 1. The average Bonchev–Trinajstić information content (AvgIpc) is 3.28. The van der Waals surface area contributed by atoms with E-state index >= 15 is 0 Å². The summed E-state index contributed by atoms with van der Waals surface area (Å²) in [6.07, 6.45) is 6.27. The Hall–Kier alpha value is -3.03. The lowest BCUT2D eigenvalue weighted by molar-refractivity contribution is -0.132. The molecule has 0 saturated carbocycles. The van der Waals surface area contributed by atoms with Crippen molar-refractivity contribution in [2.75, 3.05) is 18.9 Å². The van der Waals surface area contributed by atoms with Crippen molar-refractivity contribution in [3.8, 4) is 0 Å². The zero-order valence-electron chi connectivity index (χ0n) is 17.5. The average molecular weight is 435 g/mol. The van der Waals surface area contributed by atoms with Gasteiger partial charge in [-0.1, -0.05) is 12.1 Å². The second kappa shape index (κ2) is 9.41. The Bertz CT molecular complexity index is 1050. The number of nitrogens with two attached hydrogens (primary N) is 1. The molecule has 3 N–H and O–H groups in total. The SMILES string of the molecule is CN(CC(N)c1ccc(C(=O)Nc2ccncc2)cc1)C(=O)C1CCCc2sccc21. The maximum atomic E-state index is 13.1. The molecule has 2 amide bonds. The number of anilines is 1. The van der Waals surface area contributed by atoms with E-state index in [1.165, 1.54) is 10.4 Å². The fourth-order valence-corrected chi connectivity index (χ4v) is 5.01. The molecule has 2 unspecified atom stereocenters. The lowest BCUT2D eigenvalue weighted by Gasteiger charge is -2.28. The Morgan fingerprint density at radius 2 is 1.94 bits per heavy atom.